The Kier molecular flexibility index (Phi) is 5.64. The van der Waals surface area contributed by atoms with Crippen molar-refractivity contribution < 1.29 is 9.53 Å². The van der Waals surface area contributed by atoms with Gasteiger partial charge in [0, 0.05) is 17.1 Å². The van der Waals surface area contributed by atoms with Crippen LogP contribution in [0.4, 0.5) is 0 Å². The van der Waals surface area contributed by atoms with Gasteiger partial charge < -0.3 is 10.1 Å². The number of hydrogen-bond acceptors (Lipinski definition) is 2. The van der Waals surface area contributed by atoms with E-state index in [-0.39, 0.29) is 5.91 Å². The first-order chi connectivity index (χ1) is 10.2. The predicted molar refractivity (Wildman–Crippen MR) is 84.9 cm³/mol. The van der Waals surface area contributed by atoms with Crippen molar-refractivity contribution in [3.8, 4) is 5.75 Å². The SMILES string of the molecule is CCCOc1ccc(C(=O)NCc2ccc(Cl)cc2)cc1. The van der Waals surface area contributed by atoms with Gasteiger partial charge in [-0.1, -0.05) is 30.7 Å². The molecule has 110 valence electrons. The molecular formula is C17H18ClNO2. The second-order valence-electron chi connectivity index (χ2n) is 4.68. The number of benzene rings is 2. The van der Waals surface area contributed by atoms with Crippen molar-refractivity contribution in [2.24, 2.45) is 0 Å². The van der Waals surface area contributed by atoms with Crippen molar-refractivity contribution >= 4 is 17.5 Å². The maximum absolute atomic E-state index is 12.0. The monoisotopic (exact) mass is 303 g/mol. The number of carbonyl (C=O) groups is 1. The van der Waals surface area contributed by atoms with Gasteiger partial charge in [-0.15, -0.1) is 0 Å². The molecule has 0 aliphatic rings. The molecule has 0 radical (unpaired) electrons. The summed E-state index contributed by atoms with van der Waals surface area (Å²) in [6.07, 6.45) is 0.962. The summed E-state index contributed by atoms with van der Waals surface area (Å²) < 4.78 is 5.49. The second kappa shape index (κ2) is 7.70. The Balaban J connectivity index is 1.89. The lowest BCUT2D eigenvalue weighted by molar-refractivity contribution is 0.0951. The van der Waals surface area contributed by atoms with Crippen LogP contribution in [0.1, 0.15) is 29.3 Å². The minimum Gasteiger partial charge on any atom is -0.494 e. The second-order valence-corrected chi connectivity index (χ2v) is 5.12. The molecule has 0 bridgehead atoms. The average Bonchev–Trinajstić information content (AvgIpc) is 2.52. The van der Waals surface area contributed by atoms with E-state index in [0.29, 0.717) is 23.7 Å². The molecule has 0 saturated carbocycles. The Hall–Kier alpha value is -2.00. The van der Waals surface area contributed by atoms with Crippen molar-refractivity contribution in [2.45, 2.75) is 19.9 Å². The van der Waals surface area contributed by atoms with E-state index in [9.17, 15) is 4.79 Å². The third kappa shape index (κ3) is 4.80. The standard InChI is InChI=1S/C17H18ClNO2/c1-2-11-21-16-9-5-14(6-10-16)17(20)19-12-13-3-7-15(18)8-4-13/h3-10H,2,11-12H2,1H3,(H,19,20). The molecule has 0 aliphatic heterocycles. The average molecular weight is 304 g/mol. The van der Waals surface area contributed by atoms with Crippen LogP contribution >= 0.6 is 11.6 Å². The summed E-state index contributed by atoms with van der Waals surface area (Å²) in [7, 11) is 0. The molecule has 0 saturated heterocycles. The van der Waals surface area contributed by atoms with Gasteiger partial charge in [-0.2, -0.15) is 0 Å². The first-order valence-corrected chi connectivity index (χ1v) is 7.32. The molecule has 2 rings (SSSR count). The number of ether oxygens (including phenoxy) is 1. The van der Waals surface area contributed by atoms with Gasteiger partial charge in [-0.3, -0.25) is 4.79 Å². The van der Waals surface area contributed by atoms with E-state index < -0.39 is 0 Å². The largest absolute Gasteiger partial charge is 0.494 e. The molecule has 0 heterocycles. The van der Waals surface area contributed by atoms with E-state index in [4.69, 9.17) is 16.3 Å². The molecule has 1 amide bonds. The fourth-order valence-corrected chi connectivity index (χ4v) is 1.94. The lowest BCUT2D eigenvalue weighted by atomic mass is 10.2. The molecule has 2 aromatic rings. The fourth-order valence-electron chi connectivity index (χ4n) is 1.81. The van der Waals surface area contributed by atoms with Crippen molar-refractivity contribution in [3.05, 3.63) is 64.7 Å². The Morgan fingerprint density at radius 1 is 1.10 bits per heavy atom. The number of halogens is 1. The van der Waals surface area contributed by atoms with Gasteiger partial charge in [0.1, 0.15) is 5.75 Å². The van der Waals surface area contributed by atoms with Crippen molar-refractivity contribution in [2.75, 3.05) is 6.61 Å². The van der Waals surface area contributed by atoms with Gasteiger partial charge in [-0.05, 0) is 48.4 Å². The fraction of sp³-hybridized carbons (Fsp3) is 0.235. The minimum absolute atomic E-state index is 0.105. The van der Waals surface area contributed by atoms with Crippen LogP contribution in [0.3, 0.4) is 0 Å². The van der Waals surface area contributed by atoms with Crippen LogP contribution in [0.5, 0.6) is 5.75 Å². The van der Waals surface area contributed by atoms with Crippen LogP contribution in [0.2, 0.25) is 5.02 Å². The lowest BCUT2D eigenvalue weighted by Gasteiger charge is -2.07. The van der Waals surface area contributed by atoms with Crippen LogP contribution in [-0.4, -0.2) is 12.5 Å². The third-order valence-electron chi connectivity index (χ3n) is 2.96. The zero-order valence-electron chi connectivity index (χ0n) is 11.9. The zero-order chi connectivity index (χ0) is 15.1. The molecule has 3 nitrogen and oxygen atoms in total. The summed E-state index contributed by atoms with van der Waals surface area (Å²) in [4.78, 5) is 12.0. The molecule has 0 aromatic heterocycles. The highest BCUT2D eigenvalue weighted by Gasteiger charge is 2.05. The normalized spacial score (nSPS) is 10.2. The first-order valence-electron chi connectivity index (χ1n) is 6.94. The van der Waals surface area contributed by atoms with E-state index in [0.717, 1.165) is 17.7 Å². The van der Waals surface area contributed by atoms with E-state index in [1.54, 1.807) is 12.1 Å². The highest BCUT2D eigenvalue weighted by molar-refractivity contribution is 6.30. The van der Waals surface area contributed by atoms with Gasteiger partial charge >= 0.3 is 0 Å². The summed E-state index contributed by atoms with van der Waals surface area (Å²) in [6.45, 7) is 3.21. The number of amides is 1. The Bertz CT molecular complexity index is 579. The molecule has 0 aliphatic carbocycles. The molecule has 0 fully saturated rings. The Morgan fingerprint density at radius 2 is 1.76 bits per heavy atom. The molecule has 4 heteroatoms. The van der Waals surface area contributed by atoms with Crippen LogP contribution in [0, 0.1) is 0 Å². The zero-order valence-corrected chi connectivity index (χ0v) is 12.7. The first kappa shape index (κ1) is 15.4. The topological polar surface area (TPSA) is 38.3 Å². The number of carbonyl (C=O) groups excluding carboxylic acids is 1. The molecule has 0 atom stereocenters. The quantitative estimate of drug-likeness (QED) is 0.874. The van der Waals surface area contributed by atoms with E-state index in [2.05, 4.69) is 12.2 Å². The van der Waals surface area contributed by atoms with Crippen LogP contribution in [0.15, 0.2) is 48.5 Å². The molecule has 0 unspecified atom stereocenters. The number of nitrogens with one attached hydrogen (secondary N) is 1. The van der Waals surface area contributed by atoms with Crippen LogP contribution < -0.4 is 10.1 Å². The molecular weight excluding hydrogens is 286 g/mol. The van der Waals surface area contributed by atoms with Crippen molar-refractivity contribution in [1.82, 2.24) is 5.32 Å². The smallest absolute Gasteiger partial charge is 0.251 e. The van der Waals surface area contributed by atoms with Crippen molar-refractivity contribution in [1.29, 1.82) is 0 Å². The van der Waals surface area contributed by atoms with E-state index >= 15 is 0 Å². The van der Waals surface area contributed by atoms with Gasteiger partial charge in [0.25, 0.3) is 5.91 Å². The highest BCUT2D eigenvalue weighted by Crippen LogP contribution is 2.13. The Labute approximate surface area is 129 Å². The predicted octanol–water partition coefficient (Wildman–Crippen LogP) is 4.06. The van der Waals surface area contributed by atoms with Gasteiger partial charge in [0.2, 0.25) is 0 Å². The summed E-state index contributed by atoms with van der Waals surface area (Å²) in [6, 6.07) is 14.6. The maximum Gasteiger partial charge on any atom is 0.251 e. The maximum atomic E-state index is 12.0. The van der Waals surface area contributed by atoms with Gasteiger partial charge in [0.15, 0.2) is 0 Å². The summed E-state index contributed by atoms with van der Waals surface area (Å²) in [5.41, 5.74) is 1.63. The van der Waals surface area contributed by atoms with Crippen molar-refractivity contribution in [3.63, 3.8) is 0 Å². The van der Waals surface area contributed by atoms with E-state index in [1.807, 2.05) is 36.4 Å². The van der Waals surface area contributed by atoms with Crippen LogP contribution in [0.25, 0.3) is 0 Å². The lowest BCUT2D eigenvalue weighted by Crippen LogP contribution is -2.22. The molecule has 0 spiro atoms. The third-order valence-corrected chi connectivity index (χ3v) is 3.21. The summed E-state index contributed by atoms with van der Waals surface area (Å²) in [5, 5.41) is 3.56. The number of rotatable bonds is 6. The molecule has 1 N–H and O–H groups in total. The summed E-state index contributed by atoms with van der Waals surface area (Å²) in [5.74, 6) is 0.679. The van der Waals surface area contributed by atoms with Gasteiger partial charge in [-0.25, -0.2) is 0 Å². The number of hydrogen-bond donors (Lipinski definition) is 1. The summed E-state index contributed by atoms with van der Waals surface area (Å²) >= 11 is 5.82. The minimum atomic E-state index is -0.105. The Morgan fingerprint density at radius 3 is 2.38 bits per heavy atom. The molecule has 21 heavy (non-hydrogen) atoms. The molecule has 2 aromatic carbocycles. The van der Waals surface area contributed by atoms with Crippen LogP contribution in [-0.2, 0) is 6.54 Å². The van der Waals surface area contributed by atoms with E-state index in [1.165, 1.54) is 0 Å². The highest BCUT2D eigenvalue weighted by atomic mass is 35.5. The van der Waals surface area contributed by atoms with Gasteiger partial charge in [0.05, 0.1) is 6.61 Å².